The summed E-state index contributed by atoms with van der Waals surface area (Å²) in [6.07, 6.45) is 1.99. The Labute approximate surface area is 120 Å². The summed E-state index contributed by atoms with van der Waals surface area (Å²) in [5, 5.41) is 0. The molecule has 0 spiro atoms. The van der Waals surface area contributed by atoms with Gasteiger partial charge in [-0.05, 0) is 30.4 Å². The molecule has 0 saturated heterocycles. The van der Waals surface area contributed by atoms with E-state index in [0.29, 0.717) is 18.3 Å². The second-order valence-electron chi connectivity index (χ2n) is 5.29. The van der Waals surface area contributed by atoms with E-state index in [1.165, 1.54) is 5.56 Å². The van der Waals surface area contributed by atoms with Gasteiger partial charge in [-0.1, -0.05) is 25.1 Å². The Morgan fingerprint density at radius 3 is 2.79 bits per heavy atom. The van der Waals surface area contributed by atoms with Gasteiger partial charge in [-0.2, -0.15) is 0 Å². The Morgan fingerprint density at radius 1 is 1.32 bits per heavy atom. The number of hydrogen-bond acceptors (Lipinski definition) is 1. The number of rotatable bonds is 5. The lowest BCUT2D eigenvalue weighted by molar-refractivity contribution is 0.210. The van der Waals surface area contributed by atoms with E-state index in [4.69, 9.17) is 11.6 Å². The predicted molar refractivity (Wildman–Crippen MR) is 79.8 cm³/mol. The van der Waals surface area contributed by atoms with Gasteiger partial charge in [0.25, 0.3) is 0 Å². The van der Waals surface area contributed by atoms with Crippen LogP contribution in [0, 0.1) is 5.92 Å². The zero-order valence-electron chi connectivity index (χ0n) is 11.6. The lowest BCUT2D eigenvalue weighted by atomic mass is 10.0. The highest BCUT2D eigenvalue weighted by atomic mass is 35.5. The molecule has 1 aromatic carbocycles. The molecule has 0 aromatic heterocycles. The third-order valence-corrected chi connectivity index (χ3v) is 3.91. The Morgan fingerprint density at radius 2 is 2.05 bits per heavy atom. The van der Waals surface area contributed by atoms with Crippen LogP contribution in [0.15, 0.2) is 24.3 Å². The molecule has 1 heterocycles. The normalized spacial score (nSPS) is 16.5. The fourth-order valence-electron chi connectivity index (χ4n) is 2.44. The number of halogens is 1. The highest BCUT2D eigenvalue weighted by Gasteiger charge is 2.27. The average molecular weight is 281 g/mol. The van der Waals surface area contributed by atoms with E-state index in [2.05, 4.69) is 13.0 Å². The average Bonchev–Trinajstić information content (AvgIpc) is 2.39. The lowest BCUT2D eigenvalue weighted by Gasteiger charge is -2.35. The molecule has 0 bridgehead atoms. The number of benzene rings is 1. The van der Waals surface area contributed by atoms with Crippen molar-refractivity contribution >= 4 is 23.3 Å². The van der Waals surface area contributed by atoms with Crippen molar-refractivity contribution in [2.75, 3.05) is 24.4 Å². The van der Waals surface area contributed by atoms with Crippen molar-refractivity contribution in [1.29, 1.82) is 0 Å². The standard InChI is InChI=1S/C15H21ClN2O/c1-12(7-9-16)8-10-18-14-6-4-3-5-13(14)11-17(2)15(18)19/h3-6,12H,7-11H2,1-2H3. The molecule has 19 heavy (non-hydrogen) atoms. The van der Waals surface area contributed by atoms with Gasteiger partial charge < -0.3 is 4.90 Å². The van der Waals surface area contributed by atoms with E-state index in [-0.39, 0.29) is 6.03 Å². The van der Waals surface area contributed by atoms with Crippen LogP contribution in [0.5, 0.6) is 0 Å². The minimum absolute atomic E-state index is 0.0942. The fraction of sp³-hybridized carbons (Fsp3) is 0.533. The number of nitrogens with zero attached hydrogens (tertiary/aromatic N) is 2. The molecule has 1 aliphatic rings. The third-order valence-electron chi connectivity index (χ3n) is 3.69. The topological polar surface area (TPSA) is 23.6 Å². The quantitative estimate of drug-likeness (QED) is 0.754. The van der Waals surface area contributed by atoms with Crippen LogP contribution in [0.3, 0.4) is 0 Å². The molecule has 3 nitrogen and oxygen atoms in total. The number of anilines is 1. The first kappa shape index (κ1) is 14.2. The van der Waals surface area contributed by atoms with Crippen LogP contribution in [0.4, 0.5) is 10.5 Å². The van der Waals surface area contributed by atoms with E-state index in [1.54, 1.807) is 4.90 Å². The first-order chi connectivity index (χ1) is 9.13. The van der Waals surface area contributed by atoms with Gasteiger partial charge in [0.1, 0.15) is 0 Å². The monoisotopic (exact) mass is 280 g/mol. The maximum Gasteiger partial charge on any atom is 0.324 e. The van der Waals surface area contributed by atoms with Gasteiger partial charge in [-0.15, -0.1) is 11.6 Å². The van der Waals surface area contributed by atoms with Crippen molar-refractivity contribution in [3.8, 4) is 0 Å². The van der Waals surface area contributed by atoms with E-state index in [0.717, 1.165) is 25.1 Å². The molecule has 0 N–H and O–H groups in total. The van der Waals surface area contributed by atoms with Crippen LogP contribution in [0.2, 0.25) is 0 Å². The minimum Gasteiger partial charge on any atom is -0.323 e. The number of carbonyl (C=O) groups is 1. The van der Waals surface area contributed by atoms with Crippen molar-refractivity contribution in [1.82, 2.24) is 4.90 Å². The summed E-state index contributed by atoms with van der Waals surface area (Å²) in [6.45, 7) is 3.65. The molecule has 104 valence electrons. The second-order valence-corrected chi connectivity index (χ2v) is 5.67. The molecule has 1 aromatic rings. The van der Waals surface area contributed by atoms with Gasteiger partial charge in [0, 0.05) is 26.0 Å². The molecular formula is C15H21ClN2O. The van der Waals surface area contributed by atoms with Gasteiger partial charge in [-0.25, -0.2) is 4.79 Å². The van der Waals surface area contributed by atoms with Crippen molar-refractivity contribution in [2.45, 2.75) is 26.3 Å². The van der Waals surface area contributed by atoms with E-state index in [1.807, 2.05) is 30.1 Å². The first-order valence-electron chi connectivity index (χ1n) is 6.80. The highest BCUT2D eigenvalue weighted by molar-refractivity contribution is 6.17. The highest BCUT2D eigenvalue weighted by Crippen LogP contribution is 2.28. The second kappa shape index (κ2) is 6.29. The van der Waals surface area contributed by atoms with Gasteiger partial charge in [0.2, 0.25) is 0 Å². The van der Waals surface area contributed by atoms with Crippen molar-refractivity contribution in [3.05, 3.63) is 29.8 Å². The van der Waals surface area contributed by atoms with Crippen LogP contribution in [-0.4, -0.2) is 30.4 Å². The molecular weight excluding hydrogens is 260 g/mol. The molecule has 1 atom stereocenters. The van der Waals surface area contributed by atoms with E-state index in [9.17, 15) is 4.79 Å². The summed E-state index contributed by atoms with van der Waals surface area (Å²) in [5.41, 5.74) is 2.28. The van der Waals surface area contributed by atoms with Crippen molar-refractivity contribution in [2.24, 2.45) is 5.92 Å². The molecule has 0 saturated carbocycles. The Hall–Kier alpha value is -1.22. The Kier molecular flexibility index (Phi) is 4.70. The number of fused-ring (bicyclic) bond motifs is 1. The Balaban J connectivity index is 2.12. The molecule has 2 amide bonds. The molecule has 0 radical (unpaired) electrons. The molecule has 1 aliphatic heterocycles. The summed E-state index contributed by atoms with van der Waals surface area (Å²) in [5.74, 6) is 1.23. The third kappa shape index (κ3) is 3.21. The van der Waals surface area contributed by atoms with Crippen LogP contribution in [0.1, 0.15) is 25.3 Å². The summed E-state index contributed by atoms with van der Waals surface area (Å²) in [7, 11) is 1.85. The molecule has 2 rings (SSSR count). The van der Waals surface area contributed by atoms with E-state index >= 15 is 0 Å². The fourth-order valence-corrected chi connectivity index (χ4v) is 2.81. The predicted octanol–water partition coefficient (Wildman–Crippen LogP) is 3.71. The lowest BCUT2D eigenvalue weighted by Crippen LogP contribution is -2.45. The maximum atomic E-state index is 12.3. The van der Waals surface area contributed by atoms with Crippen molar-refractivity contribution in [3.63, 3.8) is 0 Å². The zero-order valence-corrected chi connectivity index (χ0v) is 12.4. The van der Waals surface area contributed by atoms with Gasteiger partial charge in [-0.3, -0.25) is 4.90 Å². The molecule has 1 unspecified atom stereocenters. The number of urea groups is 1. The van der Waals surface area contributed by atoms with Gasteiger partial charge in [0.15, 0.2) is 0 Å². The van der Waals surface area contributed by atoms with Crippen molar-refractivity contribution < 1.29 is 4.79 Å². The summed E-state index contributed by atoms with van der Waals surface area (Å²) < 4.78 is 0. The minimum atomic E-state index is 0.0942. The maximum absolute atomic E-state index is 12.3. The smallest absolute Gasteiger partial charge is 0.323 e. The zero-order chi connectivity index (χ0) is 13.8. The van der Waals surface area contributed by atoms with E-state index < -0.39 is 0 Å². The summed E-state index contributed by atoms with van der Waals surface area (Å²) in [6, 6.07) is 8.24. The first-order valence-corrected chi connectivity index (χ1v) is 7.33. The number of para-hydroxylation sites is 1. The van der Waals surface area contributed by atoms with Gasteiger partial charge in [0.05, 0.1) is 5.69 Å². The molecule has 0 fully saturated rings. The molecule has 4 heteroatoms. The van der Waals surface area contributed by atoms with Crippen LogP contribution in [0.25, 0.3) is 0 Å². The van der Waals surface area contributed by atoms with Crippen LogP contribution < -0.4 is 4.90 Å². The number of alkyl halides is 1. The number of amides is 2. The van der Waals surface area contributed by atoms with Gasteiger partial charge >= 0.3 is 6.03 Å². The summed E-state index contributed by atoms with van der Waals surface area (Å²) in [4.78, 5) is 15.9. The SMILES string of the molecule is CC(CCCl)CCN1C(=O)N(C)Cc2ccccc21. The van der Waals surface area contributed by atoms with Crippen LogP contribution in [-0.2, 0) is 6.54 Å². The number of hydrogen-bond donors (Lipinski definition) is 0. The largest absolute Gasteiger partial charge is 0.324 e. The van der Waals surface area contributed by atoms with Crippen LogP contribution >= 0.6 is 11.6 Å². The summed E-state index contributed by atoms with van der Waals surface area (Å²) >= 11 is 5.76. The number of carbonyl (C=O) groups excluding carboxylic acids is 1. The molecule has 0 aliphatic carbocycles. The Bertz CT molecular complexity index is 450.